The van der Waals surface area contributed by atoms with Gasteiger partial charge in [-0.25, -0.2) is 0 Å². The summed E-state index contributed by atoms with van der Waals surface area (Å²) in [5, 5.41) is 8.78. The van der Waals surface area contributed by atoms with E-state index in [0.717, 1.165) is 5.69 Å². The van der Waals surface area contributed by atoms with E-state index in [1.54, 1.807) is 0 Å². The number of rotatable bonds is 1. The van der Waals surface area contributed by atoms with Crippen molar-refractivity contribution in [2.24, 2.45) is 0 Å². The topological polar surface area (TPSA) is 12.9 Å². The second-order valence-electron chi connectivity index (χ2n) is 8.90. The van der Waals surface area contributed by atoms with Crippen molar-refractivity contribution in [2.45, 2.75) is 26.2 Å². The molecule has 0 bridgehead atoms. The summed E-state index contributed by atoms with van der Waals surface area (Å²) in [7, 11) is 0. The zero-order valence-electron chi connectivity index (χ0n) is 17.2. The highest BCUT2D eigenvalue weighted by Crippen LogP contribution is 2.44. The van der Waals surface area contributed by atoms with Crippen molar-refractivity contribution in [1.29, 1.82) is 0 Å². The van der Waals surface area contributed by atoms with Gasteiger partial charge in [-0.15, -0.1) is 22.7 Å². The number of pyridine rings is 1. The van der Waals surface area contributed by atoms with Crippen LogP contribution in [-0.2, 0) is 5.41 Å². The van der Waals surface area contributed by atoms with Crippen LogP contribution in [0.15, 0.2) is 72.2 Å². The van der Waals surface area contributed by atoms with Crippen LogP contribution in [0.5, 0.6) is 0 Å². The van der Waals surface area contributed by atoms with E-state index >= 15 is 0 Å². The molecule has 0 fully saturated rings. The molecule has 3 heteroatoms. The number of benzene rings is 3. The Hall–Kier alpha value is -2.75. The van der Waals surface area contributed by atoms with E-state index in [2.05, 4.69) is 86.8 Å². The zero-order valence-corrected chi connectivity index (χ0v) is 18.8. The number of aromatic nitrogens is 1. The summed E-state index contributed by atoms with van der Waals surface area (Å²) in [5.74, 6) is 0. The van der Waals surface area contributed by atoms with Crippen LogP contribution in [0.1, 0.15) is 26.3 Å². The Morgan fingerprint density at radius 3 is 2.43 bits per heavy atom. The molecular weight excluding hydrogens is 402 g/mol. The SMILES string of the molecule is CC(C)(C)c1cc(-c2nccc3sc4ccc5sccc5c4c23)cc2ccccc12. The van der Waals surface area contributed by atoms with Gasteiger partial charge in [-0.3, -0.25) is 4.98 Å². The fraction of sp³-hybridized carbons (Fsp3) is 0.148. The van der Waals surface area contributed by atoms with Gasteiger partial charge in [0, 0.05) is 42.0 Å². The Labute approximate surface area is 183 Å². The Kier molecular flexibility index (Phi) is 3.83. The minimum atomic E-state index is 0.0564. The van der Waals surface area contributed by atoms with E-state index in [0.29, 0.717) is 0 Å². The molecule has 0 spiro atoms. The molecule has 0 aliphatic heterocycles. The monoisotopic (exact) mass is 423 g/mol. The standard InChI is InChI=1S/C27H21NS2/c1-27(2,3)20-15-17(14-16-6-4-5-7-18(16)20)26-25-23(10-12-28-26)30-22-9-8-21-19(24(22)25)11-13-29-21/h4-15H,1-3H3. The van der Waals surface area contributed by atoms with E-state index in [-0.39, 0.29) is 5.41 Å². The molecule has 3 heterocycles. The van der Waals surface area contributed by atoms with Gasteiger partial charge < -0.3 is 0 Å². The van der Waals surface area contributed by atoms with Crippen LogP contribution in [0.25, 0.3) is 52.3 Å². The summed E-state index contributed by atoms with van der Waals surface area (Å²) < 4.78 is 3.98. The molecule has 1 nitrogen and oxygen atoms in total. The molecule has 0 aliphatic rings. The van der Waals surface area contributed by atoms with Crippen molar-refractivity contribution in [3.05, 3.63) is 77.8 Å². The maximum absolute atomic E-state index is 4.93. The lowest BCUT2D eigenvalue weighted by Gasteiger charge is -2.23. The third kappa shape index (κ3) is 2.62. The van der Waals surface area contributed by atoms with Gasteiger partial charge in [-0.2, -0.15) is 0 Å². The first-order chi connectivity index (χ1) is 14.5. The van der Waals surface area contributed by atoms with Crippen molar-refractivity contribution in [3.63, 3.8) is 0 Å². The third-order valence-electron chi connectivity index (χ3n) is 5.92. The van der Waals surface area contributed by atoms with Crippen LogP contribution in [-0.4, -0.2) is 4.98 Å². The highest BCUT2D eigenvalue weighted by Gasteiger charge is 2.20. The predicted molar refractivity (Wildman–Crippen MR) is 134 cm³/mol. The summed E-state index contributed by atoms with van der Waals surface area (Å²) in [5.41, 5.74) is 3.72. The molecule has 3 aromatic heterocycles. The molecule has 146 valence electrons. The number of thiophene rings is 2. The highest BCUT2D eigenvalue weighted by atomic mass is 32.1. The van der Waals surface area contributed by atoms with Crippen molar-refractivity contribution in [2.75, 3.05) is 0 Å². The number of hydrogen-bond acceptors (Lipinski definition) is 3. The second-order valence-corrected chi connectivity index (χ2v) is 10.9. The Morgan fingerprint density at radius 2 is 1.57 bits per heavy atom. The van der Waals surface area contributed by atoms with E-state index in [1.807, 2.05) is 28.9 Å². The van der Waals surface area contributed by atoms with Gasteiger partial charge in [-0.05, 0) is 63.5 Å². The molecule has 30 heavy (non-hydrogen) atoms. The van der Waals surface area contributed by atoms with E-state index in [1.165, 1.54) is 52.2 Å². The molecule has 0 aliphatic carbocycles. The van der Waals surface area contributed by atoms with Crippen molar-refractivity contribution in [1.82, 2.24) is 4.98 Å². The summed E-state index contributed by atoms with van der Waals surface area (Å²) in [6.45, 7) is 6.88. The molecule has 0 unspecified atom stereocenters. The summed E-state index contributed by atoms with van der Waals surface area (Å²) in [4.78, 5) is 4.93. The lowest BCUT2D eigenvalue weighted by atomic mass is 9.82. The molecule has 0 N–H and O–H groups in total. The minimum absolute atomic E-state index is 0.0564. The second kappa shape index (κ2) is 6.37. The summed E-state index contributed by atoms with van der Waals surface area (Å²) >= 11 is 3.67. The number of nitrogens with zero attached hydrogens (tertiary/aromatic N) is 1. The van der Waals surface area contributed by atoms with Gasteiger partial charge in [0.25, 0.3) is 0 Å². The summed E-state index contributed by atoms with van der Waals surface area (Å²) in [6.07, 6.45) is 1.96. The van der Waals surface area contributed by atoms with Crippen LogP contribution in [0, 0.1) is 0 Å². The van der Waals surface area contributed by atoms with Gasteiger partial charge in [0.2, 0.25) is 0 Å². The number of fused-ring (bicyclic) bond motifs is 6. The average Bonchev–Trinajstić information content (AvgIpc) is 3.35. The van der Waals surface area contributed by atoms with Gasteiger partial charge >= 0.3 is 0 Å². The van der Waals surface area contributed by atoms with Crippen molar-refractivity contribution >= 4 is 63.7 Å². The smallest absolute Gasteiger partial charge is 0.0795 e. The maximum atomic E-state index is 4.93. The van der Waals surface area contributed by atoms with Crippen LogP contribution in [0.2, 0.25) is 0 Å². The van der Waals surface area contributed by atoms with E-state index < -0.39 is 0 Å². The molecule has 0 radical (unpaired) electrons. The first-order valence-corrected chi connectivity index (χ1v) is 11.9. The lowest BCUT2D eigenvalue weighted by Crippen LogP contribution is -2.12. The van der Waals surface area contributed by atoms with Gasteiger partial charge in [0.15, 0.2) is 0 Å². The molecule has 6 rings (SSSR count). The molecule has 0 amide bonds. The first-order valence-electron chi connectivity index (χ1n) is 10.2. The van der Waals surface area contributed by atoms with Crippen LogP contribution < -0.4 is 0 Å². The quantitative estimate of drug-likeness (QED) is 0.257. The fourth-order valence-electron chi connectivity index (χ4n) is 4.54. The molecular formula is C27H21NS2. The normalized spacial score (nSPS) is 12.5. The first kappa shape index (κ1) is 18.1. The van der Waals surface area contributed by atoms with E-state index in [9.17, 15) is 0 Å². The predicted octanol–water partition coefficient (Wildman–Crippen LogP) is 8.78. The fourth-order valence-corrected chi connectivity index (χ4v) is 6.45. The Bertz CT molecular complexity index is 1580. The van der Waals surface area contributed by atoms with Crippen molar-refractivity contribution in [3.8, 4) is 11.3 Å². The molecule has 3 aromatic carbocycles. The largest absolute Gasteiger partial charge is 0.256 e. The number of hydrogen-bond donors (Lipinski definition) is 0. The lowest BCUT2D eigenvalue weighted by molar-refractivity contribution is 0.596. The highest BCUT2D eigenvalue weighted by molar-refractivity contribution is 7.26. The van der Waals surface area contributed by atoms with Gasteiger partial charge in [0.1, 0.15) is 0 Å². The zero-order chi connectivity index (χ0) is 20.5. The van der Waals surface area contributed by atoms with Gasteiger partial charge in [0.05, 0.1) is 5.69 Å². The third-order valence-corrected chi connectivity index (χ3v) is 7.93. The molecule has 0 saturated carbocycles. The molecule has 6 aromatic rings. The molecule has 0 saturated heterocycles. The Morgan fingerprint density at radius 1 is 0.767 bits per heavy atom. The molecule has 0 atom stereocenters. The summed E-state index contributed by atoms with van der Waals surface area (Å²) in [6, 6.07) is 22.3. The van der Waals surface area contributed by atoms with Crippen LogP contribution >= 0.6 is 22.7 Å². The average molecular weight is 424 g/mol. The van der Waals surface area contributed by atoms with Crippen LogP contribution in [0.3, 0.4) is 0 Å². The van der Waals surface area contributed by atoms with Gasteiger partial charge in [-0.1, -0.05) is 45.0 Å². The van der Waals surface area contributed by atoms with E-state index in [4.69, 9.17) is 4.98 Å². The van der Waals surface area contributed by atoms with Crippen molar-refractivity contribution < 1.29 is 0 Å². The minimum Gasteiger partial charge on any atom is -0.256 e. The van der Waals surface area contributed by atoms with Crippen LogP contribution in [0.4, 0.5) is 0 Å². The Balaban J connectivity index is 1.76. The maximum Gasteiger partial charge on any atom is 0.0795 e.